The van der Waals surface area contributed by atoms with Crippen LogP contribution in [0.1, 0.15) is 34.7 Å². The topological polar surface area (TPSA) is 72.9 Å². The molecule has 0 saturated heterocycles. The Balaban J connectivity index is 0.00000337. The highest BCUT2D eigenvalue weighted by Gasteiger charge is 2.38. The van der Waals surface area contributed by atoms with E-state index in [4.69, 9.17) is 4.42 Å². The summed E-state index contributed by atoms with van der Waals surface area (Å²) >= 11 is 1.69. The average molecular weight is 603 g/mol. The number of benzene rings is 2. The monoisotopic (exact) mass is 602 g/mol. The van der Waals surface area contributed by atoms with Crippen molar-refractivity contribution in [2.45, 2.75) is 44.4 Å². The largest absolute Gasteiger partial charge is 0.468 e. The van der Waals surface area contributed by atoms with E-state index in [1.165, 1.54) is 0 Å². The summed E-state index contributed by atoms with van der Waals surface area (Å²) in [5, 5.41) is 10.9. The molecule has 4 heterocycles. The number of pyridine rings is 1. The summed E-state index contributed by atoms with van der Waals surface area (Å²) < 4.78 is 46.5. The number of thioether (sulfide) groups is 1. The van der Waals surface area contributed by atoms with Crippen molar-refractivity contribution in [2.75, 3.05) is 25.4 Å². The average Bonchev–Trinajstić information content (AvgIpc) is 3.45. The Labute approximate surface area is 246 Å². The first-order valence-electron chi connectivity index (χ1n) is 13.3. The van der Waals surface area contributed by atoms with Gasteiger partial charge < -0.3 is 13.9 Å². The van der Waals surface area contributed by atoms with Crippen LogP contribution in [0.5, 0.6) is 0 Å². The van der Waals surface area contributed by atoms with E-state index in [1.54, 1.807) is 17.8 Å². The van der Waals surface area contributed by atoms with Gasteiger partial charge in [0.25, 0.3) is 0 Å². The Kier molecular flexibility index (Phi) is 8.31. The molecule has 7 nitrogen and oxygen atoms in total. The number of aryl methyl sites for hydroxylation is 2. The predicted octanol–water partition coefficient (Wildman–Crippen LogP) is 6.81. The number of alkyl halides is 3. The lowest BCUT2D eigenvalue weighted by atomic mass is 9.97. The third-order valence-corrected chi connectivity index (χ3v) is 8.67. The molecule has 0 atom stereocenters. The summed E-state index contributed by atoms with van der Waals surface area (Å²) in [4.78, 5) is 10.8. The fraction of sp³-hybridized carbons (Fsp3) is 0.379. The molecule has 0 amide bonds. The van der Waals surface area contributed by atoms with E-state index in [0.29, 0.717) is 0 Å². The molecule has 12 heteroatoms. The molecule has 5 aromatic rings. The van der Waals surface area contributed by atoms with Gasteiger partial charge in [0.1, 0.15) is 5.52 Å². The molecular formula is C29H30ClF3N6OS. The van der Waals surface area contributed by atoms with Gasteiger partial charge in [-0.1, -0.05) is 30.0 Å². The standard InChI is InChI=1S/C29H29F3N6OS.ClH/c1-17-8-9-21-22(6-4-7-23(21)33-17)26-35-36-28(37(26)3)40-15-5-12-38-13-10-19-16-24-25(18(2)20(19)11-14-38)39-27(34-24)29(30,31)32;/h4,6-9,16H,5,10-15H2,1-3H3;1H. The van der Waals surface area contributed by atoms with E-state index in [2.05, 4.69) is 37.2 Å². The lowest BCUT2D eigenvalue weighted by Crippen LogP contribution is -2.27. The predicted molar refractivity (Wildman–Crippen MR) is 157 cm³/mol. The lowest BCUT2D eigenvalue weighted by Gasteiger charge is -2.19. The molecule has 0 spiro atoms. The van der Waals surface area contributed by atoms with Crippen LogP contribution >= 0.6 is 24.2 Å². The summed E-state index contributed by atoms with van der Waals surface area (Å²) in [7, 11) is 2.00. The highest BCUT2D eigenvalue weighted by Crippen LogP contribution is 2.35. The SMILES string of the molecule is Cc1ccc2c(-c3nnc(SCCCN4CCc5cc6nc(C(F)(F)F)oc6c(C)c5CC4)n3C)cccc2n1.Cl. The number of rotatable bonds is 6. The fourth-order valence-electron chi connectivity index (χ4n) is 5.48. The maximum absolute atomic E-state index is 13.1. The van der Waals surface area contributed by atoms with E-state index in [-0.39, 0.29) is 23.5 Å². The second-order valence-corrected chi connectivity index (χ2v) is 11.3. The molecule has 6 rings (SSSR count). The van der Waals surface area contributed by atoms with Gasteiger partial charge in [-0.05, 0) is 74.5 Å². The van der Waals surface area contributed by atoms with Crippen molar-refractivity contribution >= 4 is 46.2 Å². The Morgan fingerprint density at radius 3 is 2.61 bits per heavy atom. The number of fused-ring (bicyclic) bond motifs is 3. The number of halogens is 4. The molecule has 0 bridgehead atoms. The van der Waals surface area contributed by atoms with Crippen LogP contribution in [0, 0.1) is 13.8 Å². The van der Waals surface area contributed by atoms with Gasteiger partial charge in [-0.3, -0.25) is 4.98 Å². The number of oxazole rings is 1. The smallest absolute Gasteiger partial charge is 0.433 e. The third kappa shape index (κ3) is 5.80. The molecule has 0 saturated carbocycles. The zero-order valence-electron chi connectivity index (χ0n) is 23.0. The molecule has 2 aromatic carbocycles. The summed E-state index contributed by atoms with van der Waals surface area (Å²) in [6.45, 7) is 6.47. The van der Waals surface area contributed by atoms with Crippen LogP contribution < -0.4 is 0 Å². The Bertz CT molecular complexity index is 1720. The lowest BCUT2D eigenvalue weighted by molar-refractivity contribution is -0.156. The van der Waals surface area contributed by atoms with Crippen LogP contribution in [0.15, 0.2) is 46.0 Å². The first-order chi connectivity index (χ1) is 19.2. The van der Waals surface area contributed by atoms with Crippen molar-refractivity contribution in [3.05, 3.63) is 64.7 Å². The highest BCUT2D eigenvalue weighted by molar-refractivity contribution is 7.99. The van der Waals surface area contributed by atoms with Crippen molar-refractivity contribution in [3.8, 4) is 11.4 Å². The van der Waals surface area contributed by atoms with Gasteiger partial charge in [0.05, 0.1) is 5.52 Å². The van der Waals surface area contributed by atoms with Crippen molar-refractivity contribution in [1.29, 1.82) is 0 Å². The molecular weight excluding hydrogens is 573 g/mol. The maximum atomic E-state index is 13.1. The number of nitrogens with zero attached hydrogens (tertiary/aromatic N) is 6. The van der Waals surface area contributed by atoms with E-state index in [9.17, 15) is 13.2 Å². The minimum atomic E-state index is -4.59. The highest BCUT2D eigenvalue weighted by atomic mass is 35.5. The minimum Gasteiger partial charge on any atom is -0.433 e. The minimum absolute atomic E-state index is 0. The summed E-state index contributed by atoms with van der Waals surface area (Å²) in [5.41, 5.74) is 6.38. The quantitative estimate of drug-likeness (QED) is 0.156. The normalized spacial score (nSPS) is 14.3. The summed E-state index contributed by atoms with van der Waals surface area (Å²) in [6.07, 6.45) is -2.05. The van der Waals surface area contributed by atoms with E-state index >= 15 is 0 Å². The number of aromatic nitrogens is 5. The molecule has 0 fully saturated rings. The van der Waals surface area contributed by atoms with Crippen LogP contribution in [-0.2, 0) is 26.1 Å². The van der Waals surface area contributed by atoms with Crippen LogP contribution in [0.3, 0.4) is 0 Å². The number of hydrogen-bond acceptors (Lipinski definition) is 7. The van der Waals surface area contributed by atoms with E-state index in [0.717, 1.165) is 94.5 Å². The Morgan fingerprint density at radius 2 is 1.80 bits per heavy atom. The second-order valence-electron chi connectivity index (χ2n) is 10.2. The molecule has 0 aliphatic carbocycles. The molecule has 1 aliphatic rings. The van der Waals surface area contributed by atoms with Gasteiger partial charge in [-0.2, -0.15) is 13.2 Å². The van der Waals surface area contributed by atoms with Crippen LogP contribution in [0.2, 0.25) is 0 Å². The van der Waals surface area contributed by atoms with Gasteiger partial charge >= 0.3 is 12.1 Å². The van der Waals surface area contributed by atoms with Gasteiger partial charge in [0.2, 0.25) is 0 Å². The van der Waals surface area contributed by atoms with E-state index < -0.39 is 12.1 Å². The molecule has 41 heavy (non-hydrogen) atoms. The van der Waals surface area contributed by atoms with Crippen molar-refractivity contribution in [2.24, 2.45) is 7.05 Å². The molecule has 0 radical (unpaired) electrons. The van der Waals surface area contributed by atoms with Gasteiger partial charge in [0.15, 0.2) is 16.6 Å². The zero-order valence-corrected chi connectivity index (χ0v) is 24.6. The molecule has 3 aromatic heterocycles. The Hall–Kier alpha value is -3.15. The van der Waals surface area contributed by atoms with Gasteiger partial charge in [-0.25, -0.2) is 4.98 Å². The van der Waals surface area contributed by atoms with Crippen LogP contribution in [0.4, 0.5) is 13.2 Å². The second kappa shape index (κ2) is 11.6. The maximum Gasteiger partial charge on any atom is 0.468 e. The van der Waals surface area contributed by atoms with E-state index in [1.807, 2.05) is 43.7 Å². The first-order valence-corrected chi connectivity index (χ1v) is 14.3. The van der Waals surface area contributed by atoms with Crippen LogP contribution in [-0.4, -0.2) is 55.0 Å². The Morgan fingerprint density at radius 1 is 1.00 bits per heavy atom. The van der Waals surface area contributed by atoms with Crippen molar-refractivity contribution in [1.82, 2.24) is 29.6 Å². The third-order valence-electron chi connectivity index (χ3n) is 7.56. The van der Waals surface area contributed by atoms with Gasteiger partial charge in [-0.15, -0.1) is 22.6 Å². The fourth-order valence-corrected chi connectivity index (χ4v) is 6.32. The summed E-state index contributed by atoms with van der Waals surface area (Å²) in [6, 6.07) is 11.9. The van der Waals surface area contributed by atoms with Crippen molar-refractivity contribution in [3.63, 3.8) is 0 Å². The van der Waals surface area contributed by atoms with Gasteiger partial charge in [0, 0.05) is 42.5 Å². The van der Waals surface area contributed by atoms with Crippen LogP contribution in [0.25, 0.3) is 33.4 Å². The summed E-state index contributed by atoms with van der Waals surface area (Å²) in [5.74, 6) is 0.549. The molecule has 1 aliphatic heterocycles. The molecule has 0 N–H and O–H groups in total. The first kappa shape index (κ1) is 29.3. The number of hydrogen-bond donors (Lipinski definition) is 0. The zero-order chi connectivity index (χ0) is 28.0. The van der Waals surface area contributed by atoms with Crippen molar-refractivity contribution < 1.29 is 17.6 Å². The molecule has 0 unspecified atom stereocenters. The molecule has 216 valence electrons.